The third-order valence-corrected chi connectivity index (χ3v) is 6.08. The molecule has 0 bridgehead atoms. The maximum Gasteiger partial charge on any atom is 0.251 e. The Kier molecular flexibility index (Phi) is 8.43. The molecule has 0 radical (unpaired) electrons. The number of aromatic nitrogens is 3. The number of hydrogen-bond acceptors (Lipinski definition) is 5. The number of thioether (sulfide) groups is 1. The number of allylic oxidation sites excluding steroid dienone is 1. The minimum atomic E-state index is -0.370. The van der Waals surface area contributed by atoms with Crippen LogP contribution < -0.4 is 10.6 Å². The largest absolute Gasteiger partial charge is 0.342 e. The molecule has 2 aromatic carbocycles. The number of nitrogens with zero attached hydrogens (tertiary/aromatic N) is 3. The monoisotopic (exact) mass is 463 g/mol. The number of rotatable bonds is 10. The highest BCUT2D eigenvalue weighted by Crippen LogP contribution is 2.22. The molecule has 0 aliphatic carbocycles. The Labute approximate surface area is 198 Å². The molecule has 172 valence electrons. The van der Waals surface area contributed by atoms with E-state index in [4.69, 9.17) is 0 Å². The SMILES string of the molecule is C=CCn1c(SCC(=O)Nc2ccccc2CC)nnc1[C@@H](C)NC(=O)c1ccc(C)cc1. The van der Waals surface area contributed by atoms with Crippen LogP contribution >= 0.6 is 11.8 Å². The molecule has 3 aromatic rings. The van der Waals surface area contributed by atoms with E-state index >= 15 is 0 Å². The minimum Gasteiger partial charge on any atom is -0.342 e. The fourth-order valence-corrected chi connectivity index (χ4v) is 4.10. The first-order valence-corrected chi connectivity index (χ1v) is 11.8. The van der Waals surface area contributed by atoms with E-state index in [2.05, 4.69) is 34.3 Å². The van der Waals surface area contributed by atoms with Gasteiger partial charge in [-0.15, -0.1) is 16.8 Å². The fourth-order valence-electron chi connectivity index (χ4n) is 3.34. The van der Waals surface area contributed by atoms with Crippen LogP contribution in [0, 0.1) is 6.92 Å². The van der Waals surface area contributed by atoms with E-state index < -0.39 is 0 Å². The summed E-state index contributed by atoms with van der Waals surface area (Å²) in [5.41, 5.74) is 3.59. The summed E-state index contributed by atoms with van der Waals surface area (Å²) in [6.07, 6.45) is 2.58. The zero-order valence-corrected chi connectivity index (χ0v) is 20.0. The van der Waals surface area contributed by atoms with Gasteiger partial charge in [0.15, 0.2) is 11.0 Å². The van der Waals surface area contributed by atoms with Crippen LogP contribution in [0.1, 0.15) is 47.2 Å². The average Bonchev–Trinajstić information content (AvgIpc) is 3.21. The van der Waals surface area contributed by atoms with Crippen molar-refractivity contribution < 1.29 is 9.59 Å². The van der Waals surface area contributed by atoms with Crippen molar-refractivity contribution in [3.05, 3.63) is 83.7 Å². The first-order chi connectivity index (χ1) is 15.9. The van der Waals surface area contributed by atoms with Crippen molar-refractivity contribution >= 4 is 29.3 Å². The molecule has 3 rings (SSSR count). The molecule has 2 amide bonds. The summed E-state index contributed by atoms with van der Waals surface area (Å²) in [5.74, 6) is 0.502. The van der Waals surface area contributed by atoms with Crippen LogP contribution in [0.3, 0.4) is 0 Å². The number of amides is 2. The molecule has 0 spiro atoms. The topological polar surface area (TPSA) is 88.9 Å². The highest BCUT2D eigenvalue weighted by molar-refractivity contribution is 7.99. The first kappa shape index (κ1) is 24.3. The lowest BCUT2D eigenvalue weighted by atomic mass is 10.1. The van der Waals surface area contributed by atoms with E-state index in [1.807, 2.05) is 54.8 Å². The van der Waals surface area contributed by atoms with Crippen LogP contribution in [-0.4, -0.2) is 32.3 Å². The van der Waals surface area contributed by atoms with Gasteiger partial charge in [-0.3, -0.25) is 9.59 Å². The van der Waals surface area contributed by atoms with E-state index in [1.54, 1.807) is 18.2 Å². The Morgan fingerprint density at radius 3 is 2.58 bits per heavy atom. The van der Waals surface area contributed by atoms with Gasteiger partial charge in [0.25, 0.3) is 5.91 Å². The van der Waals surface area contributed by atoms with E-state index in [0.29, 0.717) is 23.1 Å². The van der Waals surface area contributed by atoms with Crippen molar-refractivity contribution in [2.24, 2.45) is 0 Å². The average molecular weight is 464 g/mol. The molecular weight excluding hydrogens is 434 g/mol. The van der Waals surface area contributed by atoms with Crippen molar-refractivity contribution in [3.63, 3.8) is 0 Å². The van der Waals surface area contributed by atoms with Gasteiger partial charge in [-0.25, -0.2) is 0 Å². The van der Waals surface area contributed by atoms with Crippen LogP contribution in [0.25, 0.3) is 0 Å². The van der Waals surface area contributed by atoms with Crippen molar-refractivity contribution in [2.45, 2.75) is 44.9 Å². The molecule has 0 aliphatic rings. The van der Waals surface area contributed by atoms with Crippen LogP contribution in [-0.2, 0) is 17.8 Å². The second-order valence-electron chi connectivity index (χ2n) is 7.65. The lowest BCUT2D eigenvalue weighted by Gasteiger charge is -2.15. The molecule has 7 nitrogen and oxygen atoms in total. The Morgan fingerprint density at radius 1 is 1.15 bits per heavy atom. The van der Waals surface area contributed by atoms with E-state index in [1.165, 1.54) is 11.8 Å². The lowest BCUT2D eigenvalue weighted by molar-refractivity contribution is -0.113. The summed E-state index contributed by atoms with van der Waals surface area (Å²) >= 11 is 1.30. The number of aryl methyl sites for hydroxylation is 2. The van der Waals surface area contributed by atoms with Gasteiger partial charge in [0, 0.05) is 17.8 Å². The minimum absolute atomic E-state index is 0.115. The Bertz CT molecular complexity index is 1120. The number of hydrogen-bond donors (Lipinski definition) is 2. The van der Waals surface area contributed by atoms with Crippen molar-refractivity contribution in [3.8, 4) is 0 Å². The predicted octanol–water partition coefficient (Wildman–Crippen LogP) is 4.56. The molecule has 0 aliphatic heterocycles. The molecule has 2 N–H and O–H groups in total. The first-order valence-electron chi connectivity index (χ1n) is 10.8. The summed E-state index contributed by atoms with van der Waals surface area (Å²) in [4.78, 5) is 25.1. The summed E-state index contributed by atoms with van der Waals surface area (Å²) in [7, 11) is 0. The molecule has 1 aromatic heterocycles. The van der Waals surface area contributed by atoms with Gasteiger partial charge >= 0.3 is 0 Å². The Balaban J connectivity index is 1.67. The highest BCUT2D eigenvalue weighted by atomic mass is 32.2. The Morgan fingerprint density at radius 2 is 1.88 bits per heavy atom. The van der Waals surface area contributed by atoms with Gasteiger partial charge in [0.05, 0.1) is 11.8 Å². The molecule has 1 atom stereocenters. The smallest absolute Gasteiger partial charge is 0.251 e. The normalized spacial score (nSPS) is 11.6. The third kappa shape index (κ3) is 6.32. The van der Waals surface area contributed by atoms with Gasteiger partial charge < -0.3 is 15.2 Å². The van der Waals surface area contributed by atoms with Crippen LogP contribution in [0.2, 0.25) is 0 Å². The van der Waals surface area contributed by atoms with Crippen molar-refractivity contribution in [1.82, 2.24) is 20.1 Å². The molecule has 0 saturated carbocycles. The van der Waals surface area contributed by atoms with E-state index in [-0.39, 0.29) is 23.6 Å². The number of para-hydroxylation sites is 1. The van der Waals surface area contributed by atoms with Crippen LogP contribution in [0.15, 0.2) is 66.3 Å². The number of benzene rings is 2. The maximum absolute atomic E-state index is 12.6. The molecular formula is C25H29N5O2S. The molecule has 1 heterocycles. The van der Waals surface area contributed by atoms with E-state index in [0.717, 1.165) is 23.2 Å². The molecule has 33 heavy (non-hydrogen) atoms. The summed E-state index contributed by atoms with van der Waals surface area (Å²) in [6, 6.07) is 14.8. The Hall–Kier alpha value is -3.39. The zero-order chi connectivity index (χ0) is 23.8. The predicted molar refractivity (Wildman–Crippen MR) is 132 cm³/mol. The highest BCUT2D eigenvalue weighted by Gasteiger charge is 2.20. The summed E-state index contributed by atoms with van der Waals surface area (Å²) in [5, 5.41) is 15.1. The van der Waals surface area contributed by atoms with E-state index in [9.17, 15) is 9.59 Å². The van der Waals surface area contributed by atoms with Crippen molar-refractivity contribution in [2.75, 3.05) is 11.1 Å². The van der Waals surface area contributed by atoms with Gasteiger partial charge in [0.2, 0.25) is 5.91 Å². The maximum atomic E-state index is 12.6. The molecule has 8 heteroatoms. The number of carbonyl (C=O) groups excluding carboxylic acids is 2. The quantitative estimate of drug-likeness (QED) is 0.340. The number of nitrogens with one attached hydrogen (secondary N) is 2. The van der Waals surface area contributed by atoms with Gasteiger partial charge in [0.1, 0.15) is 0 Å². The third-order valence-electron chi connectivity index (χ3n) is 5.11. The zero-order valence-electron chi connectivity index (χ0n) is 19.2. The number of anilines is 1. The lowest BCUT2D eigenvalue weighted by Crippen LogP contribution is -2.28. The van der Waals surface area contributed by atoms with Gasteiger partial charge in [-0.1, -0.05) is 60.7 Å². The molecule has 0 saturated heterocycles. The molecule has 0 fully saturated rings. The fraction of sp³-hybridized carbons (Fsp3) is 0.280. The van der Waals surface area contributed by atoms with Crippen LogP contribution in [0.5, 0.6) is 0 Å². The van der Waals surface area contributed by atoms with Gasteiger partial charge in [-0.2, -0.15) is 0 Å². The van der Waals surface area contributed by atoms with Crippen molar-refractivity contribution in [1.29, 1.82) is 0 Å². The molecule has 0 unspecified atom stereocenters. The standard InChI is InChI=1S/C25H29N5O2S/c1-5-15-30-23(18(4)26-24(32)20-13-11-17(3)12-14-20)28-29-25(30)33-16-22(31)27-21-10-8-7-9-19(21)6-2/h5,7-14,18H,1,6,15-16H2,2-4H3,(H,26,32)(H,27,31)/t18-/m1/s1. The van der Waals surface area contributed by atoms with Crippen LogP contribution in [0.4, 0.5) is 5.69 Å². The summed E-state index contributed by atoms with van der Waals surface area (Å²) in [6.45, 7) is 10.2. The summed E-state index contributed by atoms with van der Waals surface area (Å²) < 4.78 is 1.87. The number of carbonyl (C=O) groups is 2. The second-order valence-corrected chi connectivity index (χ2v) is 8.59. The second kappa shape index (κ2) is 11.5. The van der Waals surface area contributed by atoms with Gasteiger partial charge in [-0.05, 0) is 44.0 Å².